The first-order chi connectivity index (χ1) is 14.1. The molecule has 2 aliphatic heterocycles. The fourth-order valence-corrected chi connectivity index (χ4v) is 4.46. The molecule has 2 amide bonds. The molecule has 0 aliphatic carbocycles. The van der Waals surface area contributed by atoms with E-state index >= 15 is 0 Å². The number of halogens is 1. The van der Waals surface area contributed by atoms with E-state index < -0.39 is 0 Å². The lowest BCUT2D eigenvalue weighted by atomic mass is 9.92. The van der Waals surface area contributed by atoms with E-state index in [4.69, 9.17) is 4.52 Å². The Bertz CT molecular complexity index is 1130. The number of carbonyl (C=O) groups excluding carboxylic acids is 2. The van der Waals surface area contributed by atoms with Crippen LogP contribution in [-0.4, -0.2) is 40.1 Å². The molecule has 2 aromatic carbocycles. The van der Waals surface area contributed by atoms with Gasteiger partial charge in [-0.25, -0.2) is 14.4 Å². The van der Waals surface area contributed by atoms with Gasteiger partial charge in [-0.1, -0.05) is 24.2 Å². The minimum Gasteiger partial charge on any atom is -0.356 e. The SMILES string of the molecule is CCc1cccc2c1C(=O)N(N1CCC(c3noc4cc(F)ccc34)CC1)C2=O. The molecule has 0 radical (unpaired) electrons. The topological polar surface area (TPSA) is 66.7 Å². The molecule has 148 valence electrons. The number of imide groups is 1. The fourth-order valence-electron chi connectivity index (χ4n) is 4.46. The van der Waals surface area contributed by atoms with Crippen LogP contribution in [0.3, 0.4) is 0 Å². The molecule has 1 fully saturated rings. The summed E-state index contributed by atoms with van der Waals surface area (Å²) < 4.78 is 18.7. The van der Waals surface area contributed by atoms with Crippen LogP contribution in [0.5, 0.6) is 0 Å². The van der Waals surface area contributed by atoms with Gasteiger partial charge in [0.05, 0.1) is 16.8 Å². The maximum atomic E-state index is 13.4. The van der Waals surface area contributed by atoms with Crippen molar-refractivity contribution in [1.29, 1.82) is 0 Å². The third-order valence-corrected chi connectivity index (χ3v) is 5.96. The molecule has 5 rings (SSSR count). The lowest BCUT2D eigenvalue weighted by Crippen LogP contribution is -2.49. The summed E-state index contributed by atoms with van der Waals surface area (Å²) in [5.74, 6) is -0.698. The van der Waals surface area contributed by atoms with Gasteiger partial charge in [0.1, 0.15) is 5.82 Å². The second kappa shape index (κ2) is 6.77. The molecule has 0 atom stereocenters. The fraction of sp³-hybridized carbons (Fsp3) is 0.318. The molecule has 29 heavy (non-hydrogen) atoms. The van der Waals surface area contributed by atoms with Crippen molar-refractivity contribution in [3.05, 3.63) is 64.6 Å². The van der Waals surface area contributed by atoms with Crippen LogP contribution in [0.1, 0.15) is 57.7 Å². The quantitative estimate of drug-likeness (QED) is 0.631. The molecule has 1 aromatic heterocycles. The monoisotopic (exact) mass is 393 g/mol. The minimum atomic E-state index is -0.355. The standard InChI is InChI=1S/C22H20FN3O3/c1-2-13-4-3-5-17-19(13)22(28)26(21(17)27)25-10-8-14(9-11-25)20-16-7-6-15(23)12-18(16)29-24-20/h3-7,12,14H,2,8-11H2,1H3. The molecule has 0 spiro atoms. The van der Waals surface area contributed by atoms with E-state index in [-0.39, 0.29) is 23.5 Å². The molecule has 2 aliphatic rings. The number of benzene rings is 2. The Kier molecular flexibility index (Phi) is 4.20. The lowest BCUT2D eigenvalue weighted by Gasteiger charge is -2.35. The lowest BCUT2D eigenvalue weighted by molar-refractivity contribution is -0.00966. The summed E-state index contributed by atoms with van der Waals surface area (Å²) in [6, 6.07) is 9.89. The zero-order chi connectivity index (χ0) is 20.1. The van der Waals surface area contributed by atoms with E-state index in [1.54, 1.807) is 12.1 Å². The van der Waals surface area contributed by atoms with Crippen molar-refractivity contribution in [2.24, 2.45) is 0 Å². The van der Waals surface area contributed by atoms with Gasteiger partial charge in [-0.2, -0.15) is 0 Å². The average Bonchev–Trinajstić information content (AvgIpc) is 3.27. The largest absolute Gasteiger partial charge is 0.356 e. The molecule has 0 saturated carbocycles. The summed E-state index contributed by atoms with van der Waals surface area (Å²) >= 11 is 0. The van der Waals surface area contributed by atoms with Crippen molar-refractivity contribution in [2.75, 3.05) is 13.1 Å². The molecule has 0 bridgehead atoms. The minimum absolute atomic E-state index is 0.138. The number of hydrogen-bond acceptors (Lipinski definition) is 5. The van der Waals surface area contributed by atoms with Crippen molar-refractivity contribution >= 4 is 22.8 Å². The summed E-state index contributed by atoms with van der Waals surface area (Å²) in [6.45, 7) is 3.11. The van der Waals surface area contributed by atoms with Gasteiger partial charge in [-0.15, -0.1) is 0 Å². The smallest absolute Gasteiger partial charge is 0.276 e. The van der Waals surface area contributed by atoms with Crippen molar-refractivity contribution in [1.82, 2.24) is 15.2 Å². The summed E-state index contributed by atoms with van der Waals surface area (Å²) in [5, 5.41) is 8.12. The van der Waals surface area contributed by atoms with Crippen LogP contribution in [0.2, 0.25) is 0 Å². The number of piperidine rings is 1. The Morgan fingerprint density at radius 3 is 2.69 bits per heavy atom. The Morgan fingerprint density at radius 2 is 1.93 bits per heavy atom. The maximum Gasteiger partial charge on any atom is 0.276 e. The first kappa shape index (κ1) is 18.0. The molecule has 0 unspecified atom stereocenters. The van der Waals surface area contributed by atoms with Crippen LogP contribution < -0.4 is 0 Å². The van der Waals surface area contributed by atoms with Crippen molar-refractivity contribution in [3.8, 4) is 0 Å². The summed E-state index contributed by atoms with van der Waals surface area (Å²) in [7, 11) is 0. The highest BCUT2D eigenvalue weighted by Gasteiger charge is 2.42. The van der Waals surface area contributed by atoms with E-state index in [1.807, 2.05) is 24.1 Å². The highest BCUT2D eigenvalue weighted by Crippen LogP contribution is 2.35. The van der Waals surface area contributed by atoms with Crippen LogP contribution >= 0.6 is 0 Å². The molecular formula is C22H20FN3O3. The van der Waals surface area contributed by atoms with E-state index in [2.05, 4.69) is 5.16 Å². The van der Waals surface area contributed by atoms with E-state index in [9.17, 15) is 14.0 Å². The Labute approximate surface area is 166 Å². The van der Waals surface area contributed by atoms with Gasteiger partial charge in [-0.05, 0) is 43.0 Å². The first-order valence-corrected chi connectivity index (χ1v) is 9.89. The highest BCUT2D eigenvalue weighted by molar-refractivity contribution is 6.21. The van der Waals surface area contributed by atoms with Gasteiger partial charge < -0.3 is 4.52 Å². The zero-order valence-electron chi connectivity index (χ0n) is 16.0. The normalized spacial score (nSPS) is 18.1. The zero-order valence-corrected chi connectivity index (χ0v) is 16.0. The number of hydrogen-bond donors (Lipinski definition) is 0. The van der Waals surface area contributed by atoms with Crippen molar-refractivity contribution < 1.29 is 18.5 Å². The molecule has 1 saturated heterocycles. The number of nitrogens with zero attached hydrogens (tertiary/aromatic N) is 3. The number of aromatic nitrogens is 1. The average molecular weight is 393 g/mol. The van der Waals surface area contributed by atoms with Crippen molar-refractivity contribution in [3.63, 3.8) is 0 Å². The Balaban J connectivity index is 1.36. The number of rotatable bonds is 3. The first-order valence-electron chi connectivity index (χ1n) is 9.89. The second-order valence-corrected chi connectivity index (χ2v) is 7.55. The van der Waals surface area contributed by atoms with E-state index in [1.165, 1.54) is 17.1 Å². The van der Waals surface area contributed by atoms with Crippen LogP contribution in [0.15, 0.2) is 40.9 Å². The number of hydrazine groups is 1. The predicted molar refractivity (Wildman–Crippen MR) is 104 cm³/mol. The molecule has 3 heterocycles. The van der Waals surface area contributed by atoms with Crippen molar-refractivity contribution in [2.45, 2.75) is 32.1 Å². The van der Waals surface area contributed by atoms with Crippen LogP contribution in [-0.2, 0) is 6.42 Å². The molecule has 6 nitrogen and oxygen atoms in total. The van der Waals surface area contributed by atoms with Gasteiger partial charge in [0.2, 0.25) is 0 Å². The van der Waals surface area contributed by atoms with E-state index in [0.29, 0.717) is 36.2 Å². The van der Waals surface area contributed by atoms with Crippen LogP contribution in [0.4, 0.5) is 4.39 Å². The van der Waals surface area contributed by atoms with Gasteiger partial charge in [-0.3, -0.25) is 9.59 Å². The molecule has 7 heteroatoms. The predicted octanol–water partition coefficient (Wildman–Crippen LogP) is 3.92. The summed E-state index contributed by atoms with van der Waals surface area (Å²) in [4.78, 5) is 25.9. The third kappa shape index (κ3) is 2.76. The van der Waals surface area contributed by atoms with Crippen LogP contribution in [0.25, 0.3) is 11.0 Å². The summed E-state index contributed by atoms with van der Waals surface area (Å²) in [5.41, 5.74) is 3.18. The summed E-state index contributed by atoms with van der Waals surface area (Å²) in [6.07, 6.45) is 2.16. The van der Waals surface area contributed by atoms with Crippen LogP contribution in [0, 0.1) is 5.82 Å². The number of fused-ring (bicyclic) bond motifs is 2. The number of aryl methyl sites for hydroxylation is 1. The molecular weight excluding hydrogens is 373 g/mol. The number of carbonyl (C=O) groups is 2. The highest BCUT2D eigenvalue weighted by atomic mass is 19.1. The molecule has 0 N–H and O–H groups in total. The van der Waals surface area contributed by atoms with Gasteiger partial charge in [0, 0.05) is 30.5 Å². The van der Waals surface area contributed by atoms with E-state index in [0.717, 1.165) is 29.5 Å². The van der Waals surface area contributed by atoms with Gasteiger partial charge in [0.25, 0.3) is 11.8 Å². The number of amides is 2. The molecule has 3 aromatic rings. The third-order valence-electron chi connectivity index (χ3n) is 5.96. The second-order valence-electron chi connectivity index (χ2n) is 7.55. The van der Waals surface area contributed by atoms with Gasteiger partial charge >= 0.3 is 0 Å². The Morgan fingerprint density at radius 1 is 1.14 bits per heavy atom. The maximum absolute atomic E-state index is 13.4. The van der Waals surface area contributed by atoms with Gasteiger partial charge in [0.15, 0.2) is 5.58 Å². The Hall–Kier alpha value is -3.06.